The largest absolute Gasteiger partial charge is 0.490 e. The van der Waals surface area contributed by atoms with Gasteiger partial charge in [-0.05, 0) is 6.07 Å². The van der Waals surface area contributed by atoms with E-state index in [1.807, 2.05) is 0 Å². The van der Waals surface area contributed by atoms with Crippen LogP contribution < -0.4 is 9.47 Å². The topological polar surface area (TPSA) is 52.6 Å². The van der Waals surface area contributed by atoms with E-state index in [1.54, 1.807) is 0 Å². The van der Waals surface area contributed by atoms with Gasteiger partial charge in [-0.25, -0.2) is 12.8 Å². The molecule has 0 saturated heterocycles. The summed E-state index contributed by atoms with van der Waals surface area (Å²) in [5, 5.41) is 0. The van der Waals surface area contributed by atoms with Gasteiger partial charge in [0.05, 0.1) is 19.0 Å². The van der Waals surface area contributed by atoms with Crippen LogP contribution >= 0.6 is 10.7 Å². The van der Waals surface area contributed by atoms with E-state index in [-0.39, 0.29) is 11.3 Å². The third-order valence-electron chi connectivity index (χ3n) is 2.24. The Bertz CT molecular complexity index is 529. The number of hydrogen-bond acceptors (Lipinski definition) is 4. The molecule has 0 saturated carbocycles. The van der Waals surface area contributed by atoms with Crippen molar-refractivity contribution in [3.63, 3.8) is 0 Å². The summed E-state index contributed by atoms with van der Waals surface area (Å²) in [7, 11) is 1.29. The molecule has 2 rings (SSSR count). The molecule has 4 nitrogen and oxygen atoms in total. The van der Waals surface area contributed by atoms with Gasteiger partial charge in [-0.1, -0.05) is 0 Å². The van der Waals surface area contributed by atoms with Crippen LogP contribution in [-0.4, -0.2) is 21.6 Å². The van der Waals surface area contributed by atoms with Crippen LogP contribution in [0.3, 0.4) is 0 Å². The number of hydrogen-bond donors (Lipinski definition) is 0. The molecule has 1 aromatic carbocycles. The smallest absolute Gasteiger partial charge is 0.236 e. The number of fused-ring (bicyclic) bond motifs is 1. The Kier molecular flexibility index (Phi) is 3.44. The minimum Gasteiger partial charge on any atom is -0.490 e. The summed E-state index contributed by atoms with van der Waals surface area (Å²) in [6.45, 7) is 0.894. The summed E-state index contributed by atoms with van der Waals surface area (Å²) >= 11 is 0. The van der Waals surface area contributed by atoms with Crippen molar-refractivity contribution in [2.45, 2.75) is 12.2 Å². The first kappa shape index (κ1) is 12.4. The average molecular weight is 281 g/mol. The SMILES string of the molecule is O=S(=O)(Cl)Cc1cc2c(cc1F)OCCCO2. The Morgan fingerprint density at radius 2 is 1.82 bits per heavy atom. The molecule has 0 bridgehead atoms. The Hall–Kier alpha value is -1.01. The Labute approximate surface area is 103 Å². The predicted molar refractivity (Wildman–Crippen MR) is 60.5 cm³/mol. The minimum absolute atomic E-state index is 0.0238. The molecule has 0 atom stereocenters. The quantitative estimate of drug-likeness (QED) is 0.778. The molecule has 0 radical (unpaired) electrons. The molecule has 1 aromatic rings. The van der Waals surface area contributed by atoms with E-state index in [1.165, 1.54) is 6.07 Å². The zero-order chi connectivity index (χ0) is 12.5. The van der Waals surface area contributed by atoms with Gasteiger partial charge < -0.3 is 9.47 Å². The van der Waals surface area contributed by atoms with Gasteiger partial charge in [0.1, 0.15) is 5.82 Å². The maximum Gasteiger partial charge on any atom is 0.236 e. The standard InChI is InChI=1S/C10H10ClFO4S/c11-17(13,14)6-7-4-9-10(5-8(7)12)16-3-1-2-15-9/h4-5H,1-3,6H2. The average Bonchev–Trinajstić information content (AvgIpc) is 2.41. The monoisotopic (exact) mass is 280 g/mol. The second-order valence-corrected chi connectivity index (χ2v) is 6.40. The third-order valence-corrected chi connectivity index (χ3v) is 3.23. The van der Waals surface area contributed by atoms with Crippen molar-refractivity contribution < 1.29 is 22.3 Å². The fourth-order valence-corrected chi connectivity index (χ4v) is 2.47. The van der Waals surface area contributed by atoms with E-state index in [2.05, 4.69) is 0 Å². The van der Waals surface area contributed by atoms with Crippen LogP contribution in [0.2, 0.25) is 0 Å². The zero-order valence-electron chi connectivity index (χ0n) is 8.78. The lowest BCUT2D eigenvalue weighted by atomic mass is 10.2. The highest BCUT2D eigenvalue weighted by Crippen LogP contribution is 2.33. The molecule has 17 heavy (non-hydrogen) atoms. The van der Waals surface area contributed by atoms with Crippen LogP contribution in [0, 0.1) is 5.82 Å². The summed E-state index contributed by atoms with van der Waals surface area (Å²) in [5.41, 5.74) is -0.0238. The van der Waals surface area contributed by atoms with Crippen LogP contribution in [0.4, 0.5) is 4.39 Å². The summed E-state index contributed by atoms with van der Waals surface area (Å²) in [6.07, 6.45) is 0.694. The van der Waals surface area contributed by atoms with Crippen LogP contribution in [0.15, 0.2) is 12.1 Å². The van der Waals surface area contributed by atoms with Gasteiger partial charge >= 0.3 is 0 Å². The molecule has 7 heteroatoms. The van der Waals surface area contributed by atoms with Crippen LogP contribution in [0.25, 0.3) is 0 Å². The Morgan fingerprint density at radius 1 is 1.24 bits per heavy atom. The molecule has 0 aromatic heterocycles. The summed E-state index contributed by atoms with van der Waals surface area (Å²) in [6, 6.07) is 2.44. The molecule has 94 valence electrons. The molecular weight excluding hydrogens is 271 g/mol. The minimum atomic E-state index is -3.80. The molecule has 0 unspecified atom stereocenters. The number of rotatable bonds is 2. The van der Waals surface area contributed by atoms with Crippen molar-refractivity contribution in [3.05, 3.63) is 23.5 Å². The fraction of sp³-hybridized carbons (Fsp3) is 0.400. The van der Waals surface area contributed by atoms with Gasteiger partial charge in [0, 0.05) is 28.7 Å². The van der Waals surface area contributed by atoms with Gasteiger partial charge in [-0.3, -0.25) is 0 Å². The van der Waals surface area contributed by atoms with Crippen molar-refractivity contribution in [2.24, 2.45) is 0 Å². The molecule has 0 fully saturated rings. The lowest BCUT2D eigenvalue weighted by Gasteiger charge is -2.09. The molecule has 0 N–H and O–H groups in total. The maximum absolute atomic E-state index is 13.6. The number of halogens is 2. The summed E-state index contributed by atoms with van der Waals surface area (Å²) in [5.74, 6) is -0.606. The van der Waals surface area contributed by atoms with Crippen LogP contribution in [0.1, 0.15) is 12.0 Å². The Balaban J connectivity index is 2.39. The number of ether oxygens (including phenoxy) is 2. The highest BCUT2D eigenvalue weighted by molar-refractivity contribution is 8.13. The first-order chi connectivity index (χ1) is 7.96. The van der Waals surface area contributed by atoms with Crippen LogP contribution in [-0.2, 0) is 14.8 Å². The lowest BCUT2D eigenvalue weighted by molar-refractivity contribution is 0.296. The molecule has 0 aliphatic carbocycles. The maximum atomic E-state index is 13.6. The zero-order valence-corrected chi connectivity index (χ0v) is 10.4. The first-order valence-electron chi connectivity index (χ1n) is 4.96. The van der Waals surface area contributed by atoms with E-state index in [0.717, 1.165) is 6.07 Å². The normalized spacial score (nSPS) is 15.4. The van der Waals surface area contributed by atoms with Crippen molar-refractivity contribution in [1.29, 1.82) is 0 Å². The first-order valence-corrected chi connectivity index (χ1v) is 7.44. The van der Waals surface area contributed by atoms with E-state index in [0.29, 0.717) is 25.4 Å². The summed E-state index contributed by atoms with van der Waals surface area (Å²) in [4.78, 5) is 0. The van der Waals surface area contributed by atoms with Crippen LogP contribution in [0.5, 0.6) is 11.5 Å². The van der Waals surface area contributed by atoms with E-state index in [9.17, 15) is 12.8 Å². The highest BCUT2D eigenvalue weighted by Gasteiger charge is 2.18. The van der Waals surface area contributed by atoms with E-state index < -0.39 is 20.6 Å². The van der Waals surface area contributed by atoms with Gasteiger partial charge in [-0.15, -0.1) is 0 Å². The van der Waals surface area contributed by atoms with Crippen molar-refractivity contribution >= 4 is 19.7 Å². The predicted octanol–water partition coefficient (Wildman–Crippen LogP) is 2.06. The third kappa shape index (κ3) is 3.23. The molecular formula is C10H10ClFO4S. The van der Waals surface area contributed by atoms with E-state index in [4.69, 9.17) is 20.2 Å². The second kappa shape index (κ2) is 4.70. The molecule has 0 amide bonds. The molecule has 1 aliphatic rings. The van der Waals surface area contributed by atoms with Gasteiger partial charge in [0.15, 0.2) is 11.5 Å². The second-order valence-electron chi connectivity index (χ2n) is 3.62. The number of benzene rings is 1. The molecule has 1 heterocycles. The van der Waals surface area contributed by atoms with Crippen molar-refractivity contribution in [3.8, 4) is 11.5 Å². The molecule has 0 spiro atoms. The van der Waals surface area contributed by atoms with Crippen molar-refractivity contribution in [2.75, 3.05) is 13.2 Å². The Morgan fingerprint density at radius 3 is 2.41 bits per heavy atom. The summed E-state index contributed by atoms with van der Waals surface area (Å²) < 4.78 is 46.0. The van der Waals surface area contributed by atoms with Gasteiger partial charge in [0.2, 0.25) is 9.05 Å². The lowest BCUT2D eigenvalue weighted by Crippen LogP contribution is -2.01. The van der Waals surface area contributed by atoms with E-state index >= 15 is 0 Å². The highest BCUT2D eigenvalue weighted by atomic mass is 35.7. The fourth-order valence-electron chi connectivity index (χ4n) is 1.52. The molecule has 1 aliphatic heterocycles. The van der Waals surface area contributed by atoms with Gasteiger partial charge in [-0.2, -0.15) is 0 Å². The van der Waals surface area contributed by atoms with Crippen molar-refractivity contribution in [1.82, 2.24) is 0 Å². The van der Waals surface area contributed by atoms with Gasteiger partial charge in [0.25, 0.3) is 0 Å².